The van der Waals surface area contributed by atoms with Crippen LogP contribution in [0.25, 0.3) is 0 Å². The average molecular weight is 250 g/mol. The molecule has 0 saturated heterocycles. The fraction of sp³-hybridized carbons (Fsp3) is 0.500. The SMILES string of the molecule is Cc1cc(NC(=O)C2CCCCC2N)ccc1F. The third-order valence-corrected chi connectivity index (χ3v) is 3.58. The van der Waals surface area contributed by atoms with E-state index >= 15 is 0 Å². The van der Waals surface area contributed by atoms with Crippen LogP contribution in [0.2, 0.25) is 0 Å². The molecule has 0 spiro atoms. The van der Waals surface area contributed by atoms with Crippen LogP contribution in [-0.4, -0.2) is 11.9 Å². The molecule has 2 unspecified atom stereocenters. The van der Waals surface area contributed by atoms with Gasteiger partial charge in [0.25, 0.3) is 0 Å². The molecule has 1 fully saturated rings. The van der Waals surface area contributed by atoms with Gasteiger partial charge in [0.1, 0.15) is 5.82 Å². The first-order valence-corrected chi connectivity index (χ1v) is 6.40. The predicted octanol–water partition coefficient (Wildman–Crippen LogP) is 2.59. The summed E-state index contributed by atoms with van der Waals surface area (Å²) in [4.78, 5) is 12.1. The van der Waals surface area contributed by atoms with E-state index in [1.807, 2.05) is 0 Å². The smallest absolute Gasteiger partial charge is 0.229 e. The summed E-state index contributed by atoms with van der Waals surface area (Å²) in [5.74, 6) is -0.431. The van der Waals surface area contributed by atoms with Crippen molar-refractivity contribution in [2.45, 2.75) is 38.6 Å². The Morgan fingerprint density at radius 1 is 1.39 bits per heavy atom. The monoisotopic (exact) mass is 250 g/mol. The molecule has 1 saturated carbocycles. The highest BCUT2D eigenvalue weighted by molar-refractivity contribution is 5.93. The summed E-state index contributed by atoms with van der Waals surface area (Å²) in [7, 11) is 0. The molecule has 3 N–H and O–H groups in total. The van der Waals surface area contributed by atoms with E-state index in [0.29, 0.717) is 11.3 Å². The second-order valence-corrected chi connectivity index (χ2v) is 5.01. The Morgan fingerprint density at radius 3 is 2.78 bits per heavy atom. The van der Waals surface area contributed by atoms with Gasteiger partial charge >= 0.3 is 0 Å². The summed E-state index contributed by atoms with van der Waals surface area (Å²) in [6.07, 6.45) is 3.89. The van der Waals surface area contributed by atoms with E-state index in [4.69, 9.17) is 5.73 Å². The van der Waals surface area contributed by atoms with Gasteiger partial charge in [0.2, 0.25) is 5.91 Å². The van der Waals surface area contributed by atoms with E-state index in [2.05, 4.69) is 5.32 Å². The Labute approximate surface area is 107 Å². The average Bonchev–Trinajstić information content (AvgIpc) is 2.34. The highest BCUT2D eigenvalue weighted by Gasteiger charge is 2.28. The van der Waals surface area contributed by atoms with Crippen LogP contribution >= 0.6 is 0 Å². The Hall–Kier alpha value is -1.42. The zero-order valence-corrected chi connectivity index (χ0v) is 10.6. The number of anilines is 1. The molecule has 1 aromatic carbocycles. The number of rotatable bonds is 2. The highest BCUT2D eigenvalue weighted by Crippen LogP contribution is 2.24. The van der Waals surface area contributed by atoms with Gasteiger partial charge < -0.3 is 11.1 Å². The number of carbonyl (C=O) groups excluding carboxylic acids is 1. The van der Waals surface area contributed by atoms with E-state index in [-0.39, 0.29) is 23.7 Å². The van der Waals surface area contributed by atoms with Gasteiger partial charge in [0.05, 0.1) is 5.92 Å². The van der Waals surface area contributed by atoms with Gasteiger partial charge in [-0.3, -0.25) is 4.79 Å². The maximum atomic E-state index is 13.1. The Bertz CT molecular complexity index is 447. The molecule has 0 radical (unpaired) electrons. The molecule has 0 aromatic heterocycles. The lowest BCUT2D eigenvalue weighted by atomic mass is 9.84. The van der Waals surface area contributed by atoms with E-state index in [1.54, 1.807) is 19.1 Å². The number of hydrogen-bond donors (Lipinski definition) is 2. The van der Waals surface area contributed by atoms with E-state index < -0.39 is 0 Å². The molecule has 98 valence electrons. The molecule has 18 heavy (non-hydrogen) atoms. The zero-order chi connectivity index (χ0) is 13.1. The van der Waals surface area contributed by atoms with Crippen molar-refractivity contribution in [1.29, 1.82) is 0 Å². The van der Waals surface area contributed by atoms with Crippen molar-refractivity contribution >= 4 is 11.6 Å². The predicted molar refractivity (Wildman–Crippen MR) is 69.7 cm³/mol. The molecule has 3 nitrogen and oxygen atoms in total. The Morgan fingerprint density at radius 2 is 2.11 bits per heavy atom. The number of hydrogen-bond acceptors (Lipinski definition) is 2. The largest absolute Gasteiger partial charge is 0.327 e. The molecule has 2 atom stereocenters. The number of amides is 1. The number of carbonyl (C=O) groups is 1. The number of nitrogens with two attached hydrogens (primary N) is 1. The van der Waals surface area contributed by atoms with Gasteiger partial charge in [-0.25, -0.2) is 4.39 Å². The van der Waals surface area contributed by atoms with Crippen LogP contribution in [0.3, 0.4) is 0 Å². The van der Waals surface area contributed by atoms with Crippen LogP contribution in [0.1, 0.15) is 31.2 Å². The van der Waals surface area contributed by atoms with Gasteiger partial charge in [-0.05, 0) is 43.5 Å². The molecule has 2 rings (SSSR count). The number of nitrogens with one attached hydrogen (secondary N) is 1. The lowest BCUT2D eigenvalue weighted by Crippen LogP contribution is -2.40. The summed E-state index contributed by atoms with van der Waals surface area (Å²) >= 11 is 0. The number of aryl methyl sites for hydroxylation is 1. The molecule has 1 aliphatic carbocycles. The van der Waals surface area contributed by atoms with Crippen LogP contribution in [0.15, 0.2) is 18.2 Å². The molecule has 0 bridgehead atoms. The van der Waals surface area contributed by atoms with E-state index in [9.17, 15) is 9.18 Å². The standard InChI is InChI=1S/C14H19FN2O/c1-9-8-10(6-7-12(9)15)17-14(18)11-4-2-3-5-13(11)16/h6-8,11,13H,2-5,16H2,1H3,(H,17,18). The highest BCUT2D eigenvalue weighted by atomic mass is 19.1. The van der Waals surface area contributed by atoms with Crippen LogP contribution in [0, 0.1) is 18.7 Å². The quantitative estimate of drug-likeness (QED) is 0.847. The Kier molecular flexibility index (Phi) is 3.97. The van der Waals surface area contributed by atoms with Gasteiger partial charge in [-0.15, -0.1) is 0 Å². The van der Waals surface area contributed by atoms with Crippen molar-refractivity contribution in [2.24, 2.45) is 11.7 Å². The first kappa shape index (κ1) is 13.0. The first-order valence-electron chi connectivity index (χ1n) is 6.40. The minimum Gasteiger partial charge on any atom is -0.327 e. The van der Waals surface area contributed by atoms with Gasteiger partial charge in [-0.1, -0.05) is 12.8 Å². The normalized spacial score (nSPS) is 23.7. The fourth-order valence-corrected chi connectivity index (χ4v) is 2.44. The molecule has 1 aromatic rings. The van der Waals surface area contributed by atoms with Crippen molar-refractivity contribution in [3.8, 4) is 0 Å². The van der Waals surface area contributed by atoms with Gasteiger partial charge in [0.15, 0.2) is 0 Å². The van der Waals surface area contributed by atoms with E-state index in [0.717, 1.165) is 25.7 Å². The third-order valence-electron chi connectivity index (χ3n) is 3.58. The molecule has 0 aliphatic heterocycles. The summed E-state index contributed by atoms with van der Waals surface area (Å²) in [5, 5.41) is 2.82. The molecule has 4 heteroatoms. The minimum absolute atomic E-state index is 0.0480. The molecular weight excluding hydrogens is 231 g/mol. The number of benzene rings is 1. The second-order valence-electron chi connectivity index (χ2n) is 5.01. The molecule has 1 aliphatic rings. The van der Waals surface area contributed by atoms with Gasteiger partial charge in [-0.2, -0.15) is 0 Å². The van der Waals surface area contributed by atoms with E-state index in [1.165, 1.54) is 6.07 Å². The van der Waals surface area contributed by atoms with Gasteiger partial charge in [0, 0.05) is 11.7 Å². The summed E-state index contributed by atoms with van der Waals surface area (Å²) < 4.78 is 13.1. The summed E-state index contributed by atoms with van der Waals surface area (Å²) in [6.45, 7) is 1.68. The third kappa shape index (κ3) is 2.88. The first-order chi connectivity index (χ1) is 8.58. The van der Waals surface area contributed by atoms with Crippen molar-refractivity contribution in [3.05, 3.63) is 29.6 Å². The molecule has 0 heterocycles. The van der Waals surface area contributed by atoms with Crippen LogP contribution < -0.4 is 11.1 Å². The Balaban J connectivity index is 2.04. The van der Waals surface area contributed by atoms with Crippen LogP contribution in [0.5, 0.6) is 0 Å². The maximum Gasteiger partial charge on any atom is 0.229 e. The summed E-state index contributed by atoms with van der Waals surface area (Å²) in [6, 6.07) is 4.53. The van der Waals surface area contributed by atoms with Crippen molar-refractivity contribution < 1.29 is 9.18 Å². The summed E-state index contributed by atoms with van der Waals surface area (Å²) in [5.41, 5.74) is 7.13. The minimum atomic E-state index is -0.262. The molecular formula is C14H19FN2O. The maximum absolute atomic E-state index is 13.1. The lowest BCUT2D eigenvalue weighted by molar-refractivity contribution is -0.121. The molecule has 1 amide bonds. The van der Waals surface area contributed by atoms with Crippen LogP contribution in [0.4, 0.5) is 10.1 Å². The lowest BCUT2D eigenvalue weighted by Gasteiger charge is -2.27. The van der Waals surface area contributed by atoms with Crippen molar-refractivity contribution in [3.63, 3.8) is 0 Å². The fourth-order valence-electron chi connectivity index (χ4n) is 2.44. The van der Waals surface area contributed by atoms with Crippen molar-refractivity contribution in [2.75, 3.05) is 5.32 Å². The van der Waals surface area contributed by atoms with Crippen LogP contribution in [-0.2, 0) is 4.79 Å². The topological polar surface area (TPSA) is 55.1 Å². The number of halogens is 1. The zero-order valence-electron chi connectivity index (χ0n) is 10.6. The van der Waals surface area contributed by atoms with Crippen molar-refractivity contribution in [1.82, 2.24) is 0 Å². The second kappa shape index (κ2) is 5.48.